The summed E-state index contributed by atoms with van der Waals surface area (Å²) in [5, 5.41) is 3.56. The Labute approximate surface area is 221 Å². The molecular weight excluding hydrogens is 544 g/mol. The minimum Gasteiger partial charge on any atom is -0.495 e. The van der Waals surface area contributed by atoms with Crippen LogP contribution >= 0.6 is 0 Å². The summed E-state index contributed by atoms with van der Waals surface area (Å²) in [6.07, 6.45) is -2.55. The lowest BCUT2D eigenvalue weighted by atomic mass is 9.84. The number of hydrogen-bond donors (Lipinski definition) is 1. The van der Waals surface area contributed by atoms with Gasteiger partial charge in [0.05, 0.1) is 18.4 Å². The number of halogens is 4. The van der Waals surface area contributed by atoms with Gasteiger partial charge in [-0.05, 0) is 42.5 Å². The number of amides is 1. The van der Waals surface area contributed by atoms with Crippen molar-refractivity contribution in [3.8, 4) is 16.9 Å². The van der Waals surface area contributed by atoms with Crippen LogP contribution < -0.4 is 14.4 Å². The number of aromatic nitrogens is 1. The monoisotopic (exact) mass is 568 g/mol. The zero-order valence-corrected chi connectivity index (χ0v) is 21.4. The van der Waals surface area contributed by atoms with Gasteiger partial charge in [-0.15, -0.1) is 0 Å². The summed E-state index contributed by atoms with van der Waals surface area (Å²) in [5.41, 5.74) is -0.880. The van der Waals surface area contributed by atoms with Crippen LogP contribution in [-0.4, -0.2) is 50.0 Å². The molecule has 2 saturated heterocycles. The first kappa shape index (κ1) is 26.9. The predicted molar refractivity (Wildman–Crippen MR) is 133 cm³/mol. The number of anilines is 2. The molecule has 0 unspecified atom stereocenters. The lowest BCUT2D eigenvalue weighted by Gasteiger charge is -2.46. The van der Waals surface area contributed by atoms with E-state index in [1.807, 2.05) is 0 Å². The van der Waals surface area contributed by atoms with Crippen molar-refractivity contribution in [2.24, 2.45) is 5.92 Å². The summed E-state index contributed by atoms with van der Waals surface area (Å²) in [6.45, 7) is 0.208. The molecule has 5 rings (SSSR count). The number of methoxy groups -OCH3 is 1. The number of ether oxygens (including phenoxy) is 1. The molecule has 1 N–H and O–H groups in total. The fraction of sp³-hybridized carbons (Fsp3) is 0.360. The number of fused-ring (bicyclic) bond motifs is 1. The summed E-state index contributed by atoms with van der Waals surface area (Å²) in [5.74, 6) is -1.20. The molecular formula is C25H24F4N4O5S. The second-order valence-corrected chi connectivity index (χ2v) is 11.0. The number of alkyl halides is 3. The number of piperidine rings is 2. The summed E-state index contributed by atoms with van der Waals surface area (Å²) in [6, 6.07) is 7.60. The van der Waals surface area contributed by atoms with E-state index in [0.29, 0.717) is 6.42 Å². The third-order valence-electron chi connectivity index (χ3n) is 7.03. The first-order valence-electron chi connectivity index (χ1n) is 12.0. The van der Waals surface area contributed by atoms with Crippen molar-refractivity contribution in [3.63, 3.8) is 0 Å². The molecule has 2 aliphatic rings. The molecule has 3 heterocycles. The second kappa shape index (κ2) is 10.2. The molecule has 0 bridgehead atoms. The van der Waals surface area contributed by atoms with Crippen molar-refractivity contribution in [2.75, 3.05) is 29.8 Å². The first-order valence-corrected chi connectivity index (χ1v) is 13.5. The van der Waals surface area contributed by atoms with Gasteiger partial charge in [0.15, 0.2) is 5.82 Å². The molecule has 1 aromatic heterocycles. The minimum absolute atomic E-state index is 0.00755. The number of rotatable bonds is 6. The van der Waals surface area contributed by atoms with Crippen molar-refractivity contribution in [1.29, 1.82) is 0 Å². The molecule has 0 aliphatic carbocycles. The van der Waals surface area contributed by atoms with Crippen LogP contribution in [0.1, 0.15) is 24.8 Å². The highest BCUT2D eigenvalue weighted by Gasteiger charge is 2.44. The van der Waals surface area contributed by atoms with Gasteiger partial charge >= 0.3 is 16.4 Å². The van der Waals surface area contributed by atoms with Crippen molar-refractivity contribution in [2.45, 2.75) is 31.5 Å². The third-order valence-corrected chi connectivity index (χ3v) is 8.50. The van der Waals surface area contributed by atoms with Crippen LogP contribution in [0.15, 0.2) is 53.3 Å². The molecule has 0 saturated carbocycles. The summed E-state index contributed by atoms with van der Waals surface area (Å²) < 4.78 is 94.5. The first-order chi connectivity index (χ1) is 18.5. The Kier molecular flexibility index (Phi) is 7.01. The molecule has 2 aliphatic heterocycles. The Balaban J connectivity index is 1.44. The zero-order valence-electron chi connectivity index (χ0n) is 20.6. The van der Waals surface area contributed by atoms with Gasteiger partial charge in [0.25, 0.3) is 0 Å². The van der Waals surface area contributed by atoms with Gasteiger partial charge in [-0.3, -0.25) is 9.52 Å². The smallest absolute Gasteiger partial charge is 0.416 e. The lowest BCUT2D eigenvalue weighted by molar-refractivity contribution is -0.137. The molecule has 208 valence electrons. The molecule has 14 heteroatoms. The molecule has 9 nitrogen and oxygen atoms in total. The van der Waals surface area contributed by atoms with Crippen molar-refractivity contribution in [1.82, 2.24) is 9.46 Å². The van der Waals surface area contributed by atoms with Gasteiger partial charge in [-0.2, -0.15) is 25.9 Å². The van der Waals surface area contributed by atoms with E-state index in [-0.39, 0.29) is 66.1 Å². The molecule has 2 atom stereocenters. The number of hydrogen-bond acceptors (Lipinski definition) is 6. The topological polar surface area (TPSA) is 105 Å². The third kappa shape index (κ3) is 5.30. The second-order valence-electron chi connectivity index (χ2n) is 9.35. The minimum atomic E-state index is -4.60. The molecule has 0 spiro atoms. The average Bonchev–Trinajstić information content (AvgIpc) is 3.40. The van der Waals surface area contributed by atoms with Gasteiger partial charge in [0, 0.05) is 43.2 Å². The number of nitrogens with zero attached hydrogens (tertiary/aromatic N) is 3. The van der Waals surface area contributed by atoms with Crippen LogP contribution in [0.3, 0.4) is 0 Å². The highest BCUT2D eigenvalue weighted by molar-refractivity contribution is 7.90. The lowest BCUT2D eigenvalue weighted by Crippen LogP contribution is -2.57. The zero-order chi connectivity index (χ0) is 27.9. The van der Waals surface area contributed by atoms with Gasteiger partial charge < -0.3 is 14.2 Å². The fourth-order valence-electron chi connectivity index (χ4n) is 5.20. The van der Waals surface area contributed by atoms with Crippen molar-refractivity contribution >= 4 is 27.6 Å². The fourth-order valence-corrected chi connectivity index (χ4v) is 6.43. The van der Waals surface area contributed by atoms with E-state index in [4.69, 9.17) is 4.74 Å². The highest BCUT2D eigenvalue weighted by Crippen LogP contribution is 2.42. The van der Waals surface area contributed by atoms with E-state index in [2.05, 4.69) is 14.4 Å². The van der Waals surface area contributed by atoms with Crippen LogP contribution in [0.5, 0.6) is 5.75 Å². The van der Waals surface area contributed by atoms with Gasteiger partial charge in [-0.25, -0.2) is 4.39 Å². The van der Waals surface area contributed by atoms with E-state index in [9.17, 15) is 26.4 Å². The Morgan fingerprint density at radius 2 is 1.95 bits per heavy atom. The average molecular weight is 569 g/mol. The SMILES string of the molecule is COc1cc(-c2cccc(C(F)(F)F)c2)c(F)cc1N1C(=O)CC[C@@H]2CN(S(=O)(=O)Nc3ccon3)CC[C@H]21. The number of benzene rings is 2. The van der Waals surface area contributed by atoms with Crippen LogP contribution in [0.25, 0.3) is 11.1 Å². The molecule has 2 fully saturated rings. The number of carbonyl (C=O) groups is 1. The van der Waals surface area contributed by atoms with Crippen molar-refractivity contribution in [3.05, 3.63) is 60.1 Å². The highest BCUT2D eigenvalue weighted by atomic mass is 32.2. The summed E-state index contributed by atoms with van der Waals surface area (Å²) in [4.78, 5) is 14.5. The van der Waals surface area contributed by atoms with E-state index in [1.165, 1.54) is 46.8 Å². The Morgan fingerprint density at radius 1 is 1.15 bits per heavy atom. The summed E-state index contributed by atoms with van der Waals surface area (Å²) >= 11 is 0. The Bertz CT molecular complexity index is 1480. The maximum Gasteiger partial charge on any atom is 0.416 e. The van der Waals surface area contributed by atoms with Crippen LogP contribution in [0, 0.1) is 11.7 Å². The molecule has 3 aromatic rings. The molecule has 1 amide bonds. The molecule has 39 heavy (non-hydrogen) atoms. The van der Waals surface area contributed by atoms with Gasteiger partial charge in [0.2, 0.25) is 5.91 Å². The standard InChI is InChI=1S/C25H24F4N4O5S/c1-37-22-12-18(15-3-2-4-17(11-15)25(27,28)29)19(26)13-21(22)33-20-7-9-32(14-16(20)5-6-24(33)34)39(35,36)31-23-8-10-38-30-23/h2-4,8,10-13,16,20H,5-7,9,14H2,1H3,(H,30,31)/t16-,20-/m1/s1. The normalized spacial score (nSPS) is 20.5. The van der Waals surface area contributed by atoms with E-state index >= 15 is 4.39 Å². The summed E-state index contributed by atoms with van der Waals surface area (Å²) in [7, 11) is -2.61. The van der Waals surface area contributed by atoms with E-state index < -0.39 is 33.8 Å². The maximum absolute atomic E-state index is 15.4. The molecule has 0 radical (unpaired) electrons. The quantitative estimate of drug-likeness (QED) is 0.433. The number of nitrogens with one attached hydrogen (secondary N) is 1. The van der Waals surface area contributed by atoms with Gasteiger partial charge in [0.1, 0.15) is 17.8 Å². The Hall–Kier alpha value is -3.65. The Morgan fingerprint density at radius 3 is 2.64 bits per heavy atom. The van der Waals surface area contributed by atoms with Crippen LogP contribution in [0.2, 0.25) is 0 Å². The van der Waals surface area contributed by atoms with E-state index in [1.54, 1.807) is 0 Å². The van der Waals surface area contributed by atoms with Crippen LogP contribution in [0.4, 0.5) is 29.1 Å². The van der Waals surface area contributed by atoms with Gasteiger partial charge in [-0.1, -0.05) is 17.3 Å². The maximum atomic E-state index is 15.4. The number of carbonyl (C=O) groups excluding carboxylic acids is 1. The van der Waals surface area contributed by atoms with Crippen LogP contribution in [-0.2, 0) is 21.2 Å². The largest absolute Gasteiger partial charge is 0.495 e. The van der Waals surface area contributed by atoms with E-state index in [0.717, 1.165) is 18.2 Å². The molecule has 2 aromatic carbocycles. The predicted octanol–water partition coefficient (Wildman–Crippen LogP) is 4.68. The van der Waals surface area contributed by atoms with Crippen molar-refractivity contribution < 1.29 is 40.0 Å².